The number of carbonyl (C=O) groups excluding carboxylic acids is 2. The van der Waals surface area contributed by atoms with Crippen molar-refractivity contribution in [2.24, 2.45) is 0 Å². The summed E-state index contributed by atoms with van der Waals surface area (Å²) in [5, 5.41) is 2.85. The van der Waals surface area contributed by atoms with Crippen LogP contribution < -0.4 is 19.5 Å². The zero-order valence-electron chi connectivity index (χ0n) is 15.7. The quantitative estimate of drug-likeness (QED) is 0.767. The van der Waals surface area contributed by atoms with Crippen molar-refractivity contribution >= 4 is 29.3 Å². The number of rotatable bonds is 7. The summed E-state index contributed by atoms with van der Waals surface area (Å²) in [5.41, 5.74) is 0.653. The molecule has 1 aliphatic rings. The number of nitrogens with zero attached hydrogens (tertiary/aromatic N) is 1. The number of amides is 2. The molecule has 0 aromatic heterocycles. The number of benzene rings is 2. The smallest absolute Gasteiger partial charge is 0.261 e. The molecule has 1 fully saturated rings. The predicted molar refractivity (Wildman–Crippen MR) is 108 cm³/mol. The number of para-hydroxylation sites is 2. The van der Waals surface area contributed by atoms with E-state index in [1.165, 1.54) is 11.8 Å². The first-order valence-electron chi connectivity index (χ1n) is 8.70. The van der Waals surface area contributed by atoms with Crippen LogP contribution in [-0.4, -0.2) is 55.2 Å². The van der Waals surface area contributed by atoms with Crippen LogP contribution in [0.15, 0.2) is 48.5 Å². The van der Waals surface area contributed by atoms with Crippen molar-refractivity contribution < 1.29 is 23.8 Å². The summed E-state index contributed by atoms with van der Waals surface area (Å²) in [4.78, 5) is 26.8. The lowest BCUT2D eigenvalue weighted by atomic mass is 10.2. The zero-order chi connectivity index (χ0) is 19.9. The molecule has 0 spiro atoms. The van der Waals surface area contributed by atoms with Gasteiger partial charge in [0.05, 0.1) is 20.1 Å². The van der Waals surface area contributed by atoms with E-state index in [2.05, 4.69) is 5.32 Å². The van der Waals surface area contributed by atoms with Crippen LogP contribution in [0.2, 0.25) is 0 Å². The third-order valence-corrected chi connectivity index (χ3v) is 5.30. The first kappa shape index (κ1) is 19.9. The van der Waals surface area contributed by atoms with Gasteiger partial charge in [0.1, 0.15) is 11.8 Å². The van der Waals surface area contributed by atoms with Gasteiger partial charge in [0.15, 0.2) is 18.1 Å². The Bertz CT molecular complexity index is 828. The maximum absolute atomic E-state index is 12.6. The minimum atomic E-state index is -0.541. The second-order valence-corrected chi connectivity index (χ2v) is 7.04. The van der Waals surface area contributed by atoms with Crippen LogP contribution >= 0.6 is 11.8 Å². The molecular weight excluding hydrogens is 380 g/mol. The van der Waals surface area contributed by atoms with Gasteiger partial charge in [-0.05, 0) is 36.4 Å². The average molecular weight is 402 g/mol. The van der Waals surface area contributed by atoms with Crippen molar-refractivity contribution in [2.75, 3.05) is 37.8 Å². The van der Waals surface area contributed by atoms with Gasteiger partial charge in [-0.25, -0.2) is 0 Å². The average Bonchev–Trinajstić information content (AvgIpc) is 3.23. The SMILES string of the molecule is COc1ccc(NC(=O)C2CSCN2C(=O)COc2ccccc2OC)cc1. The van der Waals surface area contributed by atoms with Crippen molar-refractivity contribution in [3.63, 3.8) is 0 Å². The van der Waals surface area contributed by atoms with Gasteiger partial charge in [-0.1, -0.05) is 12.1 Å². The van der Waals surface area contributed by atoms with E-state index in [-0.39, 0.29) is 18.4 Å². The molecule has 0 aliphatic carbocycles. The Kier molecular flexibility index (Phi) is 6.65. The number of anilines is 1. The van der Waals surface area contributed by atoms with E-state index < -0.39 is 6.04 Å². The Balaban J connectivity index is 1.59. The molecule has 1 N–H and O–H groups in total. The Hall–Kier alpha value is -2.87. The van der Waals surface area contributed by atoms with E-state index >= 15 is 0 Å². The zero-order valence-corrected chi connectivity index (χ0v) is 16.5. The van der Waals surface area contributed by atoms with Crippen LogP contribution in [0.25, 0.3) is 0 Å². The summed E-state index contributed by atoms with van der Waals surface area (Å²) in [6.45, 7) is -0.159. The van der Waals surface area contributed by atoms with Crippen LogP contribution in [0.4, 0.5) is 5.69 Å². The van der Waals surface area contributed by atoms with E-state index in [9.17, 15) is 9.59 Å². The molecule has 1 unspecified atom stereocenters. The summed E-state index contributed by atoms with van der Waals surface area (Å²) in [6.07, 6.45) is 0. The van der Waals surface area contributed by atoms with Gasteiger partial charge in [-0.15, -0.1) is 11.8 Å². The van der Waals surface area contributed by atoms with Crippen molar-refractivity contribution in [3.8, 4) is 17.2 Å². The number of thioether (sulfide) groups is 1. The Morgan fingerprint density at radius 1 is 1.07 bits per heavy atom. The highest BCUT2D eigenvalue weighted by molar-refractivity contribution is 7.99. The van der Waals surface area contributed by atoms with Crippen molar-refractivity contribution in [2.45, 2.75) is 6.04 Å². The second kappa shape index (κ2) is 9.36. The maximum atomic E-state index is 12.6. The van der Waals surface area contributed by atoms with E-state index in [0.717, 1.165) is 0 Å². The van der Waals surface area contributed by atoms with E-state index in [1.54, 1.807) is 61.6 Å². The third-order valence-electron chi connectivity index (χ3n) is 4.28. The molecule has 0 saturated carbocycles. The summed E-state index contributed by atoms with van der Waals surface area (Å²) >= 11 is 1.54. The van der Waals surface area contributed by atoms with Crippen LogP contribution in [-0.2, 0) is 9.59 Å². The molecule has 8 heteroatoms. The lowest BCUT2D eigenvalue weighted by Gasteiger charge is -2.23. The molecule has 148 valence electrons. The van der Waals surface area contributed by atoms with Crippen molar-refractivity contribution in [1.82, 2.24) is 4.90 Å². The normalized spacial score (nSPS) is 15.8. The monoisotopic (exact) mass is 402 g/mol. The number of methoxy groups -OCH3 is 2. The Morgan fingerprint density at radius 2 is 1.79 bits per heavy atom. The lowest BCUT2D eigenvalue weighted by molar-refractivity contribution is -0.137. The van der Waals surface area contributed by atoms with Crippen LogP contribution in [0.5, 0.6) is 17.2 Å². The standard InChI is InChI=1S/C20H22N2O5S/c1-25-15-9-7-14(8-10-15)21-20(24)16-12-28-13-22(16)19(23)11-27-18-6-4-3-5-17(18)26-2/h3-10,16H,11-13H2,1-2H3,(H,21,24). The predicted octanol–water partition coefficient (Wildman–Crippen LogP) is 2.62. The highest BCUT2D eigenvalue weighted by atomic mass is 32.2. The summed E-state index contributed by atoms with van der Waals surface area (Å²) < 4.78 is 15.9. The third kappa shape index (κ3) is 4.69. The topological polar surface area (TPSA) is 77.1 Å². The van der Waals surface area contributed by atoms with E-state index in [4.69, 9.17) is 14.2 Å². The first-order chi connectivity index (χ1) is 13.6. The molecule has 28 heavy (non-hydrogen) atoms. The molecule has 2 amide bonds. The molecule has 1 heterocycles. The van der Waals surface area contributed by atoms with E-state index in [0.29, 0.717) is 34.6 Å². The van der Waals surface area contributed by atoms with Crippen LogP contribution in [0.1, 0.15) is 0 Å². The van der Waals surface area contributed by atoms with Gasteiger partial charge in [-0.3, -0.25) is 9.59 Å². The van der Waals surface area contributed by atoms with Crippen molar-refractivity contribution in [3.05, 3.63) is 48.5 Å². The maximum Gasteiger partial charge on any atom is 0.261 e. The second-order valence-electron chi connectivity index (χ2n) is 6.04. The van der Waals surface area contributed by atoms with Gasteiger partial charge in [0, 0.05) is 11.4 Å². The highest BCUT2D eigenvalue weighted by Crippen LogP contribution is 2.27. The Morgan fingerprint density at radius 3 is 2.46 bits per heavy atom. The molecule has 2 aromatic rings. The molecule has 3 rings (SSSR count). The first-order valence-corrected chi connectivity index (χ1v) is 9.86. The number of ether oxygens (including phenoxy) is 3. The van der Waals surface area contributed by atoms with Gasteiger partial charge in [0.2, 0.25) is 5.91 Å². The fourth-order valence-corrected chi connectivity index (χ4v) is 3.95. The fourth-order valence-electron chi connectivity index (χ4n) is 2.77. The van der Waals surface area contributed by atoms with Crippen LogP contribution in [0.3, 0.4) is 0 Å². The molecule has 0 radical (unpaired) electrons. The fraction of sp³-hybridized carbons (Fsp3) is 0.300. The van der Waals surface area contributed by atoms with Crippen molar-refractivity contribution in [1.29, 1.82) is 0 Å². The lowest BCUT2D eigenvalue weighted by Crippen LogP contribution is -2.46. The minimum absolute atomic E-state index is 0.159. The number of carbonyl (C=O) groups is 2. The molecule has 1 aliphatic heterocycles. The van der Waals surface area contributed by atoms with Gasteiger partial charge in [0.25, 0.3) is 5.91 Å². The summed E-state index contributed by atoms with van der Waals surface area (Å²) in [5.74, 6) is 2.28. The van der Waals surface area contributed by atoms with E-state index in [1.807, 2.05) is 6.07 Å². The molecule has 0 bridgehead atoms. The largest absolute Gasteiger partial charge is 0.497 e. The highest BCUT2D eigenvalue weighted by Gasteiger charge is 2.34. The minimum Gasteiger partial charge on any atom is -0.497 e. The van der Waals surface area contributed by atoms with Gasteiger partial charge < -0.3 is 24.4 Å². The number of hydrogen-bond acceptors (Lipinski definition) is 6. The molecular formula is C20H22N2O5S. The Labute approximate surface area is 167 Å². The van der Waals surface area contributed by atoms with Gasteiger partial charge in [-0.2, -0.15) is 0 Å². The van der Waals surface area contributed by atoms with Gasteiger partial charge >= 0.3 is 0 Å². The number of nitrogens with one attached hydrogen (secondary N) is 1. The number of hydrogen-bond donors (Lipinski definition) is 1. The molecule has 1 saturated heterocycles. The molecule has 2 aromatic carbocycles. The summed E-state index contributed by atoms with van der Waals surface area (Å²) in [7, 11) is 3.13. The molecule has 7 nitrogen and oxygen atoms in total. The molecule has 1 atom stereocenters. The van der Waals surface area contributed by atoms with Crippen LogP contribution in [0, 0.1) is 0 Å². The summed E-state index contributed by atoms with van der Waals surface area (Å²) in [6, 6.07) is 13.6.